The molecule has 2 amide bonds. The standard InChI is InChI=1S/C31H26N4O6/c1-19-15-22(17-20-7-3-2-4-8-20)29-25(16-19)28(24-9-5-6-10-26(24)32-29)31(38)41-18-27(36)33-34-30(37)21-11-13-23(14-12-21)35(39)40/h2-14,17,19H,15-16,18H2,1H3,(H,33,36)(H,34,37)/b22-17+. The Bertz CT molecular complexity index is 1680. The van der Waals surface area contributed by atoms with Crippen molar-refractivity contribution in [3.8, 4) is 0 Å². The lowest BCUT2D eigenvalue weighted by molar-refractivity contribution is -0.384. The lowest BCUT2D eigenvalue weighted by Gasteiger charge is -2.26. The molecule has 1 unspecified atom stereocenters. The average molecular weight is 551 g/mol. The van der Waals surface area contributed by atoms with Crippen molar-refractivity contribution >= 4 is 46.0 Å². The molecule has 1 atom stereocenters. The van der Waals surface area contributed by atoms with Crippen molar-refractivity contribution in [3.63, 3.8) is 0 Å². The van der Waals surface area contributed by atoms with E-state index in [1.807, 2.05) is 54.6 Å². The Labute approximate surface area is 235 Å². The highest BCUT2D eigenvalue weighted by atomic mass is 16.6. The highest BCUT2D eigenvalue weighted by Crippen LogP contribution is 2.38. The lowest BCUT2D eigenvalue weighted by atomic mass is 9.80. The number of pyridine rings is 1. The first kappa shape index (κ1) is 27.2. The summed E-state index contributed by atoms with van der Waals surface area (Å²) in [5.41, 5.74) is 8.95. The molecule has 0 aliphatic heterocycles. The smallest absolute Gasteiger partial charge is 0.339 e. The van der Waals surface area contributed by atoms with Crippen LogP contribution in [-0.4, -0.2) is 34.3 Å². The highest BCUT2D eigenvalue weighted by molar-refractivity contribution is 6.07. The molecule has 5 rings (SSSR count). The largest absolute Gasteiger partial charge is 0.452 e. The minimum Gasteiger partial charge on any atom is -0.452 e. The maximum absolute atomic E-state index is 13.5. The number of esters is 1. The molecule has 0 fully saturated rings. The SMILES string of the molecule is CC1C/C(=C\c2ccccc2)c2nc3ccccc3c(C(=O)OCC(=O)NNC(=O)c3ccc([N+](=O)[O-])cc3)c2C1. The van der Waals surface area contributed by atoms with E-state index in [-0.39, 0.29) is 17.2 Å². The number of benzene rings is 3. The number of nitrogens with one attached hydrogen (secondary N) is 2. The average Bonchev–Trinajstić information content (AvgIpc) is 2.98. The zero-order valence-electron chi connectivity index (χ0n) is 22.1. The molecule has 0 spiro atoms. The van der Waals surface area contributed by atoms with E-state index in [1.54, 1.807) is 0 Å². The van der Waals surface area contributed by atoms with Crippen LogP contribution in [0.25, 0.3) is 22.6 Å². The van der Waals surface area contributed by atoms with E-state index >= 15 is 0 Å². The van der Waals surface area contributed by atoms with Crippen LogP contribution in [0.15, 0.2) is 78.9 Å². The van der Waals surface area contributed by atoms with Crippen molar-refractivity contribution in [2.45, 2.75) is 19.8 Å². The molecule has 10 nitrogen and oxygen atoms in total. The van der Waals surface area contributed by atoms with Crippen LogP contribution >= 0.6 is 0 Å². The van der Waals surface area contributed by atoms with Crippen molar-refractivity contribution in [3.05, 3.63) is 117 Å². The second kappa shape index (κ2) is 11.8. The minimum atomic E-state index is -0.751. The number of hydrazine groups is 1. The summed E-state index contributed by atoms with van der Waals surface area (Å²) < 4.78 is 5.41. The van der Waals surface area contributed by atoms with Gasteiger partial charge >= 0.3 is 5.97 Å². The molecular weight excluding hydrogens is 524 g/mol. The van der Waals surface area contributed by atoms with Crippen LogP contribution in [0.1, 0.15) is 50.9 Å². The predicted molar refractivity (Wildman–Crippen MR) is 153 cm³/mol. The van der Waals surface area contributed by atoms with Gasteiger partial charge in [-0.2, -0.15) is 0 Å². The number of fused-ring (bicyclic) bond motifs is 2. The second-order valence-electron chi connectivity index (χ2n) is 9.81. The first-order valence-electron chi connectivity index (χ1n) is 13.0. The van der Waals surface area contributed by atoms with Gasteiger partial charge in [-0.05, 0) is 59.7 Å². The van der Waals surface area contributed by atoms with Crippen molar-refractivity contribution in [1.29, 1.82) is 0 Å². The lowest BCUT2D eigenvalue weighted by Crippen LogP contribution is -2.43. The molecule has 4 aromatic rings. The Morgan fingerprint density at radius 3 is 2.41 bits per heavy atom. The maximum atomic E-state index is 13.5. The van der Waals surface area contributed by atoms with Crippen LogP contribution < -0.4 is 10.9 Å². The zero-order valence-corrected chi connectivity index (χ0v) is 22.1. The van der Waals surface area contributed by atoms with E-state index in [2.05, 4.69) is 23.9 Å². The fourth-order valence-corrected chi connectivity index (χ4v) is 4.89. The summed E-state index contributed by atoms with van der Waals surface area (Å²) in [5, 5.41) is 11.4. The van der Waals surface area contributed by atoms with Crippen molar-refractivity contribution < 1.29 is 24.0 Å². The summed E-state index contributed by atoms with van der Waals surface area (Å²) in [7, 11) is 0. The van der Waals surface area contributed by atoms with Gasteiger partial charge in [0.25, 0.3) is 17.5 Å². The quantitative estimate of drug-likeness (QED) is 0.198. The van der Waals surface area contributed by atoms with E-state index in [4.69, 9.17) is 9.72 Å². The van der Waals surface area contributed by atoms with Gasteiger partial charge in [0.05, 0.1) is 21.7 Å². The highest BCUT2D eigenvalue weighted by Gasteiger charge is 2.29. The summed E-state index contributed by atoms with van der Waals surface area (Å²) in [6.07, 6.45) is 3.52. The summed E-state index contributed by atoms with van der Waals surface area (Å²) in [4.78, 5) is 53.3. The van der Waals surface area contributed by atoms with Crippen LogP contribution in [0, 0.1) is 16.0 Å². The molecule has 41 heavy (non-hydrogen) atoms. The van der Waals surface area contributed by atoms with Crippen molar-refractivity contribution in [1.82, 2.24) is 15.8 Å². The Morgan fingerprint density at radius 1 is 0.976 bits per heavy atom. The number of non-ortho nitro benzene ring substituents is 1. The molecule has 10 heteroatoms. The maximum Gasteiger partial charge on any atom is 0.339 e. The van der Waals surface area contributed by atoms with Gasteiger partial charge in [-0.1, -0.05) is 55.5 Å². The number of hydrogen-bond acceptors (Lipinski definition) is 7. The molecule has 2 N–H and O–H groups in total. The number of carbonyl (C=O) groups excluding carboxylic acids is 3. The number of nitrogens with zero attached hydrogens (tertiary/aromatic N) is 2. The summed E-state index contributed by atoms with van der Waals surface area (Å²) in [6.45, 7) is 1.49. The third-order valence-electron chi connectivity index (χ3n) is 6.75. The number of rotatable bonds is 6. The fraction of sp³-hybridized carbons (Fsp3) is 0.161. The van der Waals surface area contributed by atoms with E-state index in [9.17, 15) is 24.5 Å². The molecule has 206 valence electrons. The van der Waals surface area contributed by atoms with Gasteiger partial charge in [-0.3, -0.25) is 30.6 Å². The topological polar surface area (TPSA) is 141 Å². The van der Waals surface area contributed by atoms with Gasteiger partial charge in [0.2, 0.25) is 0 Å². The first-order valence-corrected chi connectivity index (χ1v) is 13.0. The number of nitro groups is 1. The molecule has 3 aromatic carbocycles. The Kier molecular flexibility index (Phi) is 7.82. The van der Waals surface area contributed by atoms with E-state index in [0.29, 0.717) is 22.9 Å². The van der Waals surface area contributed by atoms with Crippen LogP contribution in [0.3, 0.4) is 0 Å². The third kappa shape index (κ3) is 6.11. The molecule has 0 saturated heterocycles. The first-order chi connectivity index (χ1) is 19.8. The number of para-hydroxylation sites is 1. The van der Waals surface area contributed by atoms with Gasteiger partial charge in [-0.25, -0.2) is 9.78 Å². The zero-order chi connectivity index (χ0) is 28.9. The number of allylic oxidation sites excluding steroid dienone is 1. The molecule has 1 aromatic heterocycles. The van der Waals surface area contributed by atoms with Gasteiger partial charge in [0.1, 0.15) is 0 Å². The number of carbonyl (C=O) groups is 3. The van der Waals surface area contributed by atoms with Crippen LogP contribution in [-0.2, 0) is 16.0 Å². The van der Waals surface area contributed by atoms with Gasteiger partial charge in [-0.15, -0.1) is 0 Å². The Hall–Kier alpha value is -5.38. The van der Waals surface area contributed by atoms with Crippen LogP contribution in [0.4, 0.5) is 5.69 Å². The summed E-state index contributed by atoms with van der Waals surface area (Å²) >= 11 is 0. The molecule has 0 bridgehead atoms. The van der Waals surface area contributed by atoms with E-state index in [1.165, 1.54) is 24.3 Å². The molecule has 1 heterocycles. The van der Waals surface area contributed by atoms with Crippen molar-refractivity contribution in [2.75, 3.05) is 6.61 Å². The van der Waals surface area contributed by atoms with E-state index < -0.39 is 29.3 Å². The van der Waals surface area contributed by atoms with Gasteiger partial charge in [0, 0.05) is 23.1 Å². The number of hydrogen-bond donors (Lipinski definition) is 2. The minimum absolute atomic E-state index is 0.108. The van der Waals surface area contributed by atoms with Gasteiger partial charge < -0.3 is 4.74 Å². The Morgan fingerprint density at radius 2 is 1.68 bits per heavy atom. The molecule has 1 aliphatic rings. The predicted octanol–water partition coefficient (Wildman–Crippen LogP) is 4.88. The number of ether oxygens (including phenoxy) is 1. The van der Waals surface area contributed by atoms with Crippen LogP contribution in [0.2, 0.25) is 0 Å². The van der Waals surface area contributed by atoms with E-state index in [0.717, 1.165) is 28.8 Å². The van der Waals surface area contributed by atoms with Crippen LogP contribution in [0.5, 0.6) is 0 Å². The molecule has 0 radical (unpaired) electrons. The molecular formula is C31H26N4O6. The summed E-state index contributed by atoms with van der Waals surface area (Å²) in [5.74, 6) is -1.84. The van der Waals surface area contributed by atoms with Gasteiger partial charge in [0.15, 0.2) is 6.61 Å². The molecule has 1 aliphatic carbocycles. The number of amides is 2. The van der Waals surface area contributed by atoms with Crippen molar-refractivity contribution in [2.24, 2.45) is 5.92 Å². The monoisotopic (exact) mass is 550 g/mol. The summed E-state index contributed by atoms with van der Waals surface area (Å²) in [6, 6.07) is 22.1. The second-order valence-corrected chi connectivity index (χ2v) is 9.81. The molecule has 0 saturated carbocycles. The number of aromatic nitrogens is 1. The Balaban J connectivity index is 1.34. The number of nitro benzene ring substituents is 1. The third-order valence-corrected chi connectivity index (χ3v) is 6.75. The normalized spacial score (nSPS) is 15.1. The fourth-order valence-electron chi connectivity index (χ4n) is 4.89.